The third-order valence-corrected chi connectivity index (χ3v) is 7.09. The second-order valence-corrected chi connectivity index (χ2v) is 9.96. The maximum Gasteiger partial charge on any atom is 0.337 e. The average molecular weight is 541 g/mol. The number of halogens is 1. The number of carbonyl (C=O) groups excluding carboxylic acids is 2. The fourth-order valence-electron chi connectivity index (χ4n) is 5.11. The monoisotopic (exact) mass is 540 g/mol. The summed E-state index contributed by atoms with van der Waals surface area (Å²) in [7, 11) is 3.11. The van der Waals surface area contributed by atoms with Crippen LogP contribution in [-0.2, 0) is 14.3 Å². The summed E-state index contributed by atoms with van der Waals surface area (Å²) in [5, 5.41) is 14.9. The van der Waals surface area contributed by atoms with Crippen molar-refractivity contribution < 1.29 is 28.7 Å². The van der Waals surface area contributed by atoms with E-state index in [1.54, 1.807) is 47.1 Å². The Hall–Kier alpha value is -3.85. The summed E-state index contributed by atoms with van der Waals surface area (Å²) < 4.78 is 16.3. The molecule has 2 aromatic rings. The van der Waals surface area contributed by atoms with Gasteiger partial charge in [0.2, 0.25) is 0 Å². The lowest BCUT2D eigenvalue weighted by molar-refractivity contribution is -0.384. The highest BCUT2D eigenvalue weighted by atomic mass is 35.5. The molecule has 0 amide bonds. The lowest BCUT2D eigenvalue weighted by atomic mass is 9.71. The first kappa shape index (κ1) is 27.2. The van der Waals surface area contributed by atoms with Crippen molar-refractivity contribution in [1.82, 2.24) is 5.32 Å². The standard InChI is InChI=1S/C28H29ClN2O7/c1-14(2)38-28(33)25-15(3)30-20-10-18(16-7-9-23(36-4)24(13-16)37-5)12-22(32)27(20)26(25)17-6-8-19(29)21(11-17)31(34)35/h6-9,11,13-14,18,26,30H,10,12H2,1-5H3/t18-,26+/m1/s1. The molecule has 4 rings (SSSR count). The zero-order chi connectivity index (χ0) is 27.7. The quantitative estimate of drug-likeness (QED) is 0.275. The maximum absolute atomic E-state index is 13.8. The van der Waals surface area contributed by atoms with Crippen molar-refractivity contribution in [2.75, 3.05) is 14.2 Å². The van der Waals surface area contributed by atoms with E-state index in [0.717, 1.165) is 5.56 Å². The van der Waals surface area contributed by atoms with Crippen LogP contribution < -0.4 is 14.8 Å². The van der Waals surface area contributed by atoms with E-state index >= 15 is 0 Å². The summed E-state index contributed by atoms with van der Waals surface area (Å²) in [6, 6.07) is 9.92. The summed E-state index contributed by atoms with van der Waals surface area (Å²) in [5.41, 5.74) is 2.87. The van der Waals surface area contributed by atoms with Gasteiger partial charge in [-0.25, -0.2) is 4.79 Å². The van der Waals surface area contributed by atoms with Crippen molar-refractivity contribution in [3.63, 3.8) is 0 Å². The van der Waals surface area contributed by atoms with Crippen molar-refractivity contribution in [3.05, 3.63) is 85.2 Å². The summed E-state index contributed by atoms with van der Waals surface area (Å²) >= 11 is 6.07. The van der Waals surface area contributed by atoms with Crippen LogP contribution in [-0.4, -0.2) is 37.0 Å². The maximum atomic E-state index is 13.8. The Morgan fingerprint density at radius 2 is 1.76 bits per heavy atom. The number of hydrogen-bond acceptors (Lipinski definition) is 8. The topological polar surface area (TPSA) is 117 Å². The number of nitro groups is 1. The van der Waals surface area contributed by atoms with Crippen LogP contribution in [0.2, 0.25) is 5.02 Å². The van der Waals surface area contributed by atoms with Crippen LogP contribution in [0.4, 0.5) is 5.69 Å². The number of nitrogens with zero attached hydrogens (tertiary/aromatic N) is 1. The molecule has 2 aromatic carbocycles. The predicted molar refractivity (Wildman–Crippen MR) is 141 cm³/mol. The molecule has 1 heterocycles. The Labute approximate surface area is 225 Å². The molecule has 0 unspecified atom stereocenters. The van der Waals surface area contributed by atoms with Crippen molar-refractivity contribution in [2.24, 2.45) is 0 Å². The number of methoxy groups -OCH3 is 2. The molecule has 0 bridgehead atoms. The number of rotatable bonds is 7. The van der Waals surface area contributed by atoms with Crippen LogP contribution in [0.15, 0.2) is 58.9 Å². The van der Waals surface area contributed by atoms with Gasteiger partial charge in [-0.3, -0.25) is 14.9 Å². The van der Waals surface area contributed by atoms with Gasteiger partial charge >= 0.3 is 5.97 Å². The molecule has 1 aliphatic heterocycles. The molecule has 0 aromatic heterocycles. The molecular formula is C28H29ClN2O7. The number of benzene rings is 2. The van der Waals surface area contributed by atoms with Gasteiger partial charge in [0.15, 0.2) is 17.3 Å². The number of allylic oxidation sites excluding steroid dienone is 3. The molecular weight excluding hydrogens is 512 g/mol. The number of esters is 1. The number of ether oxygens (including phenoxy) is 3. The Bertz CT molecular complexity index is 1380. The van der Waals surface area contributed by atoms with Gasteiger partial charge in [-0.15, -0.1) is 0 Å². The number of ketones is 1. The van der Waals surface area contributed by atoms with Crippen LogP contribution in [0.1, 0.15) is 56.6 Å². The Morgan fingerprint density at radius 3 is 2.39 bits per heavy atom. The SMILES string of the molecule is COc1ccc([C@H]2CC(=O)C3=C(C2)NC(C)=C(C(=O)OC(C)C)[C@@H]3c2ccc(Cl)c([N+](=O)[O-])c2)cc1OC. The smallest absolute Gasteiger partial charge is 0.337 e. The first-order valence-corrected chi connectivity index (χ1v) is 12.5. The Balaban J connectivity index is 1.82. The Kier molecular flexibility index (Phi) is 7.78. The Morgan fingerprint density at radius 1 is 1.08 bits per heavy atom. The normalized spacial score (nSPS) is 19.2. The van der Waals surface area contributed by atoms with E-state index in [0.29, 0.717) is 40.5 Å². The highest BCUT2D eigenvalue weighted by molar-refractivity contribution is 6.32. The van der Waals surface area contributed by atoms with E-state index in [4.69, 9.17) is 25.8 Å². The van der Waals surface area contributed by atoms with Gasteiger partial charge in [0.1, 0.15) is 5.02 Å². The van der Waals surface area contributed by atoms with Gasteiger partial charge in [-0.05, 0) is 62.4 Å². The lowest BCUT2D eigenvalue weighted by Crippen LogP contribution is -2.36. The molecule has 0 radical (unpaired) electrons. The number of Topliss-reactive ketones (excluding diaryl/α,β-unsaturated/α-hetero) is 1. The van der Waals surface area contributed by atoms with Gasteiger partial charge in [0.25, 0.3) is 5.69 Å². The summed E-state index contributed by atoms with van der Waals surface area (Å²) in [6.45, 7) is 5.20. The van der Waals surface area contributed by atoms with E-state index in [2.05, 4.69) is 5.32 Å². The molecule has 2 atom stereocenters. The van der Waals surface area contributed by atoms with Crippen LogP contribution in [0.25, 0.3) is 0 Å². The minimum absolute atomic E-state index is 0.0302. The van der Waals surface area contributed by atoms with Gasteiger partial charge in [0.05, 0.1) is 30.8 Å². The van der Waals surface area contributed by atoms with Gasteiger partial charge in [-0.2, -0.15) is 0 Å². The zero-order valence-electron chi connectivity index (χ0n) is 21.8. The number of nitrogens with one attached hydrogen (secondary N) is 1. The van der Waals surface area contributed by atoms with E-state index in [1.807, 2.05) is 12.1 Å². The lowest BCUT2D eigenvalue weighted by Gasteiger charge is -2.37. The van der Waals surface area contributed by atoms with Crippen LogP contribution in [0.5, 0.6) is 11.5 Å². The van der Waals surface area contributed by atoms with Crippen LogP contribution >= 0.6 is 11.6 Å². The van der Waals surface area contributed by atoms with Gasteiger partial charge in [-0.1, -0.05) is 23.7 Å². The molecule has 0 saturated carbocycles. The third-order valence-electron chi connectivity index (χ3n) is 6.77. The largest absolute Gasteiger partial charge is 0.493 e. The van der Waals surface area contributed by atoms with Gasteiger partial charge in [0, 0.05) is 35.4 Å². The minimum atomic E-state index is -0.840. The fraction of sp³-hybridized carbons (Fsp3) is 0.357. The number of nitro benzene ring substituents is 1. The fourth-order valence-corrected chi connectivity index (χ4v) is 5.30. The van der Waals surface area contributed by atoms with Crippen molar-refractivity contribution in [1.29, 1.82) is 0 Å². The average Bonchev–Trinajstić information content (AvgIpc) is 2.86. The minimum Gasteiger partial charge on any atom is -0.493 e. The molecule has 9 nitrogen and oxygen atoms in total. The summed E-state index contributed by atoms with van der Waals surface area (Å²) in [6.07, 6.45) is 0.287. The molecule has 38 heavy (non-hydrogen) atoms. The van der Waals surface area contributed by atoms with E-state index in [9.17, 15) is 19.7 Å². The summed E-state index contributed by atoms with van der Waals surface area (Å²) in [5.74, 6) is -0.587. The molecule has 1 aliphatic carbocycles. The third kappa shape index (κ3) is 5.11. The second kappa shape index (κ2) is 10.9. The highest BCUT2D eigenvalue weighted by Gasteiger charge is 2.42. The number of hydrogen-bond donors (Lipinski definition) is 1. The molecule has 1 N–H and O–H groups in total. The number of carbonyl (C=O) groups is 2. The van der Waals surface area contributed by atoms with Gasteiger partial charge < -0.3 is 19.5 Å². The zero-order valence-corrected chi connectivity index (χ0v) is 22.5. The molecule has 0 spiro atoms. The molecule has 2 aliphatic rings. The molecule has 200 valence electrons. The first-order chi connectivity index (χ1) is 18.0. The number of dihydropyridines is 1. The second-order valence-electron chi connectivity index (χ2n) is 9.55. The van der Waals surface area contributed by atoms with E-state index in [1.165, 1.54) is 12.1 Å². The first-order valence-electron chi connectivity index (χ1n) is 12.2. The van der Waals surface area contributed by atoms with Crippen LogP contribution in [0.3, 0.4) is 0 Å². The van der Waals surface area contributed by atoms with Crippen LogP contribution in [0, 0.1) is 10.1 Å². The highest BCUT2D eigenvalue weighted by Crippen LogP contribution is 2.47. The predicted octanol–water partition coefficient (Wildman–Crippen LogP) is 5.58. The van der Waals surface area contributed by atoms with Crippen molar-refractivity contribution in [3.8, 4) is 11.5 Å². The van der Waals surface area contributed by atoms with Crippen molar-refractivity contribution >= 4 is 29.0 Å². The van der Waals surface area contributed by atoms with Crippen molar-refractivity contribution in [2.45, 2.75) is 51.6 Å². The molecule has 10 heteroatoms. The molecule has 0 saturated heterocycles. The summed E-state index contributed by atoms with van der Waals surface area (Å²) in [4.78, 5) is 38.1. The molecule has 0 fully saturated rings. The van der Waals surface area contributed by atoms with E-state index in [-0.39, 0.29) is 34.4 Å². The van der Waals surface area contributed by atoms with E-state index < -0.39 is 22.9 Å².